The fraction of sp³-hybridized carbons (Fsp3) is 0.222. The molecule has 2 aromatic rings. The Balaban J connectivity index is 2.58. The van der Waals surface area contributed by atoms with Crippen LogP contribution in [-0.4, -0.2) is 16.2 Å². The summed E-state index contributed by atoms with van der Waals surface area (Å²) in [5, 5.41) is 7.99. The minimum atomic E-state index is 0.117. The Bertz CT molecular complexity index is 441. The van der Waals surface area contributed by atoms with Crippen molar-refractivity contribution in [3.05, 3.63) is 30.0 Å². The second kappa shape index (κ2) is 3.98. The second-order valence-electron chi connectivity index (χ2n) is 2.97. The van der Waals surface area contributed by atoms with E-state index in [1.165, 1.54) is 4.09 Å². The average molecular weight is 211 g/mol. The van der Waals surface area contributed by atoms with Crippen LogP contribution in [0.1, 0.15) is 5.56 Å². The molecule has 0 fully saturated rings. The molecule has 74 valence electrons. The summed E-state index contributed by atoms with van der Waals surface area (Å²) in [7, 11) is 1.88. The monoisotopic (exact) mass is 211 g/mol. The molecule has 1 N–H and O–H groups in total. The van der Waals surface area contributed by atoms with Gasteiger partial charge in [0.1, 0.15) is 0 Å². The van der Waals surface area contributed by atoms with E-state index in [0.29, 0.717) is 0 Å². The lowest BCUT2D eigenvalue weighted by molar-refractivity contribution is 0.824. The third kappa shape index (κ3) is 1.49. The van der Waals surface area contributed by atoms with Gasteiger partial charge in [0.05, 0.1) is 11.7 Å². The van der Waals surface area contributed by atoms with Gasteiger partial charge in [0, 0.05) is 11.9 Å². The second-order valence-corrected chi connectivity index (χ2v) is 3.45. The number of fused-ring (bicyclic) bond motifs is 1. The zero-order chi connectivity index (χ0) is 9.97. The van der Waals surface area contributed by atoms with Crippen LogP contribution in [0, 0.1) is 0 Å². The van der Waals surface area contributed by atoms with Gasteiger partial charge in [-0.3, -0.25) is 0 Å². The van der Waals surface area contributed by atoms with E-state index in [1.54, 1.807) is 6.20 Å². The molecule has 0 atom stereocenters. The number of rotatable bonds is 3. The van der Waals surface area contributed by atoms with E-state index in [-0.39, 0.29) is 12.3 Å². The predicted octanol–water partition coefficient (Wildman–Crippen LogP) is 2.14. The minimum absolute atomic E-state index is 0.117. The van der Waals surface area contributed by atoms with Crippen LogP contribution in [-0.2, 0) is 6.54 Å². The van der Waals surface area contributed by atoms with Crippen molar-refractivity contribution in [2.75, 3.05) is 7.05 Å². The molecular weight excluding hydrogens is 201 g/mol. The Morgan fingerprint density at radius 1 is 1.57 bits per heavy atom. The van der Waals surface area contributed by atoms with Gasteiger partial charge < -0.3 is 5.32 Å². The molecule has 14 heavy (non-hydrogen) atoms. The number of halogens is 1. The Hall–Kier alpha value is -1.07. The van der Waals surface area contributed by atoms with E-state index in [0.717, 1.165) is 23.0 Å². The molecule has 1 heterocycles. The van der Waals surface area contributed by atoms with Gasteiger partial charge in [-0.25, -0.2) is 0 Å². The first-order valence-corrected chi connectivity index (χ1v) is 4.93. The number of nitrogens with zero attached hydrogens (tertiary/aromatic N) is 2. The SMILES string of the molecule is CNCc1cccc2c1cnn2SF. The summed E-state index contributed by atoms with van der Waals surface area (Å²) in [5.41, 5.74) is 1.94. The maximum Gasteiger partial charge on any atom is 0.188 e. The van der Waals surface area contributed by atoms with Crippen molar-refractivity contribution in [1.29, 1.82) is 0 Å². The molecule has 0 spiro atoms. The molecule has 0 saturated heterocycles. The molecular formula is C9H10FN3S. The maximum atomic E-state index is 12.4. The van der Waals surface area contributed by atoms with Crippen molar-refractivity contribution < 1.29 is 3.89 Å². The highest BCUT2D eigenvalue weighted by Crippen LogP contribution is 2.22. The normalized spacial score (nSPS) is 11.0. The highest BCUT2D eigenvalue weighted by molar-refractivity contribution is 7.92. The van der Waals surface area contributed by atoms with Crippen LogP contribution in [0.5, 0.6) is 0 Å². The first-order chi connectivity index (χ1) is 6.86. The van der Waals surface area contributed by atoms with Crippen LogP contribution in [0.3, 0.4) is 0 Å². The summed E-state index contributed by atoms with van der Waals surface area (Å²) in [6.45, 7) is 0.764. The van der Waals surface area contributed by atoms with Gasteiger partial charge in [-0.15, -0.1) is 3.89 Å². The van der Waals surface area contributed by atoms with E-state index in [9.17, 15) is 3.89 Å². The largest absolute Gasteiger partial charge is 0.316 e. The van der Waals surface area contributed by atoms with Gasteiger partial charge in [-0.1, -0.05) is 12.1 Å². The van der Waals surface area contributed by atoms with Crippen molar-refractivity contribution in [3.63, 3.8) is 0 Å². The quantitative estimate of drug-likeness (QED) is 0.843. The van der Waals surface area contributed by atoms with E-state index < -0.39 is 0 Å². The van der Waals surface area contributed by atoms with Crippen molar-refractivity contribution in [3.8, 4) is 0 Å². The Morgan fingerprint density at radius 3 is 3.14 bits per heavy atom. The molecule has 0 unspecified atom stereocenters. The summed E-state index contributed by atoms with van der Waals surface area (Å²) in [6, 6.07) is 5.77. The van der Waals surface area contributed by atoms with Gasteiger partial charge >= 0.3 is 0 Å². The average Bonchev–Trinajstić information content (AvgIpc) is 2.62. The van der Waals surface area contributed by atoms with Crippen molar-refractivity contribution >= 4 is 23.2 Å². The summed E-state index contributed by atoms with van der Waals surface area (Å²) in [6.07, 6.45) is 1.69. The molecule has 0 bridgehead atoms. The van der Waals surface area contributed by atoms with Crippen LogP contribution < -0.4 is 5.32 Å². The molecule has 0 aliphatic heterocycles. The fourth-order valence-electron chi connectivity index (χ4n) is 1.49. The van der Waals surface area contributed by atoms with Gasteiger partial charge in [0.15, 0.2) is 12.3 Å². The van der Waals surface area contributed by atoms with Crippen LogP contribution in [0.25, 0.3) is 10.9 Å². The summed E-state index contributed by atoms with van der Waals surface area (Å²) >= 11 is 0.117. The number of hydrogen-bond donors (Lipinski definition) is 1. The molecule has 3 nitrogen and oxygen atoms in total. The topological polar surface area (TPSA) is 29.9 Å². The first kappa shape index (κ1) is 9.48. The number of aromatic nitrogens is 2. The zero-order valence-electron chi connectivity index (χ0n) is 7.70. The van der Waals surface area contributed by atoms with E-state index in [2.05, 4.69) is 10.4 Å². The third-order valence-corrected chi connectivity index (χ3v) is 2.53. The number of benzene rings is 1. The van der Waals surface area contributed by atoms with Gasteiger partial charge in [-0.05, 0) is 18.7 Å². The first-order valence-electron chi connectivity index (χ1n) is 4.26. The number of hydrogen-bond acceptors (Lipinski definition) is 3. The fourth-order valence-corrected chi connectivity index (χ4v) is 1.80. The van der Waals surface area contributed by atoms with E-state index in [4.69, 9.17) is 0 Å². The van der Waals surface area contributed by atoms with Crippen LogP contribution in [0.15, 0.2) is 24.4 Å². The highest BCUT2D eigenvalue weighted by Gasteiger charge is 2.06. The van der Waals surface area contributed by atoms with Crippen LogP contribution in [0.4, 0.5) is 3.89 Å². The van der Waals surface area contributed by atoms with Crippen molar-refractivity contribution in [1.82, 2.24) is 14.5 Å². The smallest absolute Gasteiger partial charge is 0.188 e. The van der Waals surface area contributed by atoms with Gasteiger partial charge in [0.25, 0.3) is 0 Å². The molecule has 5 heteroatoms. The lowest BCUT2D eigenvalue weighted by Gasteiger charge is -2.01. The molecule has 2 rings (SSSR count). The molecule has 0 aliphatic rings. The molecule has 1 aromatic carbocycles. The van der Waals surface area contributed by atoms with Crippen molar-refractivity contribution in [2.45, 2.75) is 6.54 Å². The highest BCUT2D eigenvalue weighted by atomic mass is 32.2. The zero-order valence-corrected chi connectivity index (χ0v) is 8.51. The summed E-state index contributed by atoms with van der Waals surface area (Å²) in [5.74, 6) is 0. The Kier molecular flexibility index (Phi) is 2.69. The number of nitrogens with one attached hydrogen (secondary N) is 1. The molecule has 0 saturated carbocycles. The summed E-state index contributed by atoms with van der Waals surface area (Å²) in [4.78, 5) is 0. The molecule has 0 aliphatic carbocycles. The Labute approximate surface area is 85.7 Å². The molecule has 0 radical (unpaired) electrons. The predicted molar refractivity (Wildman–Crippen MR) is 56.6 cm³/mol. The van der Waals surface area contributed by atoms with E-state index in [1.807, 2.05) is 25.2 Å². The van der Waals surface area contributed by atoms with Crippen molar-refractivity contribution in [2.24, 2.45) is 0 Å². The molecule has 1 aromatic heterocycles. The Morgan fingerprint density at radius 2 is 2.43 bits per heavy atom. The lowest BCUT2D eigenvalue weighted by Crippen LogP contribution is -2.04. The van der Waals surface area contributed by atoms with Crippen LogP contribution >= 0.6 is 12.3 Å². The van der Waals surface area contributed by atoms with Gasteiger partial charge in [-0.2, -0.15) is 9.19 Å². The van der Waals surface area contributed by atoms with Gasteiger partial charge in [0.2, 0.25) is 0 Å². The third-order valence-electron chi connectivity index (χ3n) is 2.10. The van der Waals surface area contributed by atoms with E-state index >= 15 is 0 Å². The van der Waals surface area contributed by atoms with Crippen LogP contribution in [0.2, 0.25) is 0 Å². The minimum Gasteiger partial charge on any atom is -0.316 e. The molecule has 0 amide bonds. The maximum absolute atomic E-state index is 12.4. The summed E-state index contributed by atoms with van der Waals surface area (Å²) < 4.78 is 13.7. The standard InChI is InChI=1S/C9H10FN3S/c1-11-5-7-3-2-4-9-8(7)6-12-13(9)14-10/h2-4,6,11H,5H2,1H3. The lowest BCUT2D eigenvalue weighted by atomic mass is 10.1.